The summed E-state index contributed by atoms with van der Waals surface area (Å²) >= 11 is 1.47. The number of aromatic carboxylic acids is 1. The third kappa shape index (κ3) is 4.70. The molecule has 0 aromatic heterocycles. The Morgan fingerprint density at radius 3 is 2.70 bits per heavy atom. The fourth-order valence-corrected chi connectivity index (χ4v) is 1.95. The van der Waals surface area contributed by atoms with Crippen LogP contribution in [0.1, 0.15) is 15.9 Å². The second-order valence-corrected chi connectivity index (χ2v) is 4.85. The Morgan fingerprint density at radius 1 is 1.45 bits per heavy atom. The smallest absolute Gasteiger partial charge is 0.416 e. The molecule has 0 saturated carbocycles. The Labute approximate surface area is 118 Å². The highest BCUT2D eigenvalue weighted by Gasteiger charge is 2.31. The molecule has 7 heteroatoms. The van der Waals surface area contributed by atoms with Gasteiger partial charge in [-0.1, -0.05) is 5.92 Å². The van der Waals surface area contributed by atoms with E-state index in [0.29, 0.717) is 24.1 Å². The Bertz CT molecular complexity index is 523. The molecule has 20 heavy (non-hydrogen) atoms. The molecule has 0 amide bonds. The van der Waals surface area contributed by atoms with Gasteiger partial charge in [-0.15, -0.1) is 18.2 Å². The highest BCUT2D eigenvalue weighted by atomic mass is 32.2. The number of anilines is 1. The van der Waals surface area contributed by atoms with Gasteiger partial charge < -0.3 is 10.4 Å². The van der Waals surface area contributed by atoms with Crippen molar-refractivity contribution in [2.75, 3.05) is 23.4 Å². The largest absolute Gasteiger partial charge is 0.478 e. The molecule has 0 aliphatic heterocycles. The van der Waals surface area contributed by atoms with Gasteiger partial charge >= 0.3 is 12.1 Å². The molecule has 1 aromatic rings. The SMILES string of the molecule is C#CCSCCNc1ccc(C(F)(F)F)cc1C(=O)O. The number of halogens is 3. The van der Waals surface area contributed by atoms with E-state index < -0.39 is 23.3 Å². The number of hydrogen-bond donors (Lipinski definition) is 2. The average molecular weight is 303 g/mol. The Balaban J connectivity index is 2.81. The number of carbonyl (C=O) groups is 1. The van der Waals surface area contributed by atoms with Crippen LogP contribution >= 0.6 is 11.8 Å². The number of thioether (sulfide) groups is 1. The second-order valence-electron chi connectivity index (χ2n) is 3.75. The van der Waals surface area contributed by atoms with Gasteiger partial charge in [0.15, 0.2) is 0 Å². The van der Waals surface area contributed by atoms with Crippen molar-refractivity contribution < 1.29 is 23.1 Å². The van der Waals surface area contributed by atoms with Crippen molar-refractivity contribution in [3.05, 3.63) is 29.3 Å². The minimum absolute atomic E-state index is 0.159. The van der Waals surface area contributed by atoms with E-state index in [9.17, 15) is 18.0 Å². The molecular weight excluding hydrogens is 291 g/mol. The fourth-order valence-electron chi connectivity index (χ4n) is 1.44. The van der Waals surface area contributed by atoms with Crippen molar-refractivity contribution in [2.45, 2.75) is 6.18 Å². The summed E-state index contributed by atoms with van der Waals surface area (Å²) in [6.07, 6.45) is 0.503. The molecule has 2 N–H and O–H groups in total. The lowest BCUT2D eigenvalue weighted by molar-refractivity contribution is -0.137. The van der Waals surface area contributed by atoms with Crippen LogP contribution in [-0.2, 0) is 6.18 Å². The zero-order valence-electron chi connectivity index (χ0n) is 10.3. The number of benzene rings is 1. The molecule has 1 aromatic carbocycles. The van der Waals surface area contributed by atoms with Crippen molar-refractivity contribution in [1.29, 1.82) is 0 Å². The number of alkyl halides is 3. The van der Waals surface area contributed by atoms with Crippen LogP contribution in [0.2, 0.25) is 0 Å². The van der Waals surface area contributed by atoms with Crippen molar-refractivity contribution >= 4 is 23.4 Å². The zero-order chi connectivity index (χ0) is 15.2. The van der Waals surface area contributed by atoms with Crippen molar-refractivity contribution in [2.24, 2.45) is 0 Å². The maximum absolute atomic E-state index is 12.5. The van der Waals surface area contributed by atoms with E-state index in [1.54, 1.807) is 0 Å². The molecule has 0 bridgehead atoms. The number of rotatable bonds is 6. The average Bonchev–Trinajstić information content (AvgIpc) is 2.37. The molecule has 0 atom stereocenters. The number of nitrogens with one attached hydrogen (secondary N) is 1. The summed E-state index contributed by atoms with van der Waals surface area (Å²) in [4.78, 5) is 11.0. The zero-order valence-corrected chi connectivity index (χ0v) is 11.1. The standard InChI is InChI=1S/C13H12F3NO2S/c1-2-6-20-7-5-17-11-4-3-9(13(14,15)16)8-10(11)12(18)19/h1,3-4,8,17H,5-7H2,(H,18,19). The van der Waals surface area contributed by atoms with Crippen LogP contribution in [0.5, 0.6) is 0 Å². The molecule has 0 radical (unpaired) electrons. The van der Waals surface area contributed by atoms with E-state index in [2.05, 4.69) is 11.2 Å². The topological polar surface area (TPSA) is 49.3 Å². The second kappa shape index (κ2) is 7.10. The van der Waals surface area contributed by atoms with Gasteiger partial charge in [0.05, 0.1) is 16.9 Å². The molecule has 0 fully saturated rings. The lowest BCUT2D eigenvalue weighted by Crippen LogP contribution is -2.12. The van der Waals surface area contributed by atoms with Gasteiger partial charge in [0.1, 0.15) is 0 Å². The van der Waals surface area contributed by atoms with Crippen molar-refractivity contribution in [3.8, 4) is 12.3 Å². The number of hydrogen-bond acceptors (Lipinski definition) is 3. The summed E-state index contributed by atoms with van der Waals surface area (Å²) in [5.74, 6) is 2.19. The van der Waals surface area contributed by atoms with Crippen LogP contribution in [0.3, 0.4) is 0 Å². The van der Waals surface area contributed by atoms with Gasteiger partial charge in [-0.2, -0.15) is 13.2 Å². The third-order valence-corrected chi connectivity index (χ3v) is 3.19. The minimum atomic E-state index is -4.56. The fraction of sp³-hybridized carbons (Fsp3) is 0.308. The van der Waals surface area contributed by atoms with Gasteiger partial charge in [0, 0.05) is 18.0 Å². The summed E-state index contributed by atoms with van der Waals surface area (Å²) in [7, 11) is 0. The van der Waals surface area contributed by atoms with E-state index in [1.165, 1.54) is 11.8 Å². The van der Waals surface area contributed by atoms with Gasteiger partial charge in [0.25, 0.3) is 0 Å². The van der Waals surface area contributed by atoms with Crippen molar-refractivity contribution in [1.82, 2.24) is 0 Å². The maximum Gasteiger partial charge on any atom is 0.416 e. The first-order valence-corrected chi connectivity index (χ1v) is 6.71. The molecule has 108 valence electrons. The summed E-state index contributed by atoms with van der Waals surface area (Å²) in [5.41, 5.74) is -1.23. The molecule has 0 unspecified atom stereocenters. The summed E-state index contributed by atoms with van der Waals surface area (Å²) in [5, 5.41) is 11.8. The molecule has 0 aliphatic carbocycles. The van der Waals surface area contributed by atoms with E-state index in [1.807, 2.05) is 0 Å². The predicted octanol–water partition coefficient (Wildman–Crippen LogP) is 3.18. The lowest BCUT2D eigenvalue weighted by atomic mass is 10.1. The lowest BCUT2D eigenvalue weighted by Gasteiger charge is -2.12. The molecule has 0 heterocycles. The quantitative estimate of drug-likeness (QED) is 0.626. The molecule has 1 rings (SSSR count). The highest BCUT2D eigenvalue weighted by molar-refractivity contribution is 7.99. The van der Waals surface area contributed by atoms with Gasteiger partial charge in [-0.3, -0.25) is 0 Å². The molecule has 0 spiro atoms. The van der Waals surface area contributed by atoms with E-state index >= 15 is 0 Å². The third-order valence-electron chi connectivity index (χ3n) is 2.32. The van der Waals surface area contributed by atoms with Gasteiger partial charge in [-0.05, 0) is 18.2 Å². The summed E-state index contributed by atoms with van der Waals surface area (Å²) in [6, 6.07) is 2.60. The molecule has 3 nitrogen and oxygen atoms in total. The molecule has 0 aliphatic rings. The molecular formula is C13H12F3NO2S. The van der Waals surface area contributed by atoms with Gasteiger partial charge in [0.2, 0.25) is 0 Å². The van der Waals surface area contributed by atoms with E-state index in [-0.39, 0.29) is 5.69 Å². The predicted molar refractivity (Wildman–Crippen MR) is 73.1 cm³/mol. The van der Waals surface area contributed by atoms with Crippen LogP contribution in [-0.4, -0.2) is 29.1 Å². The van der Waals surface area contributed by atoms with Gasteiger partial charge in [-0.25, -0.2) is 4.79 Å². The first-order chi connectivity index (χ1) is 9.36. The Kier molecular flexibility index (Phi) is 5.77. The first kappa shape index (κ1) is 16.2. The summed E-state index contributed by atoms with van der Waals surface area (Å²) in [6.45, 7) is 0.415. The number of carboxylic acids is 1. The maximum atomic E-state index is 12.5. The van der Waals surface area contributed by atoms with Crippen LogP contribution in [0.15, 0.2) is 18.2 Å². The number of carboxylic acid groups (broad SMARTS) is 1. The van der Waals surface area contributed by atoms with E-state index in [0.717, 1.165) is 12.1 Å². The van der Waals surface area contributed by atoms with E-state index in [4.69, 9.17) is 11.5 Å². The van der Waals surface area contributed by atoms with Crippen molar-refractivity contribution in [3.63, 3.8) is 0 Å². The first-order valence-electron chi connectivity index (χ1n) is 5.56. The highest BCUT2D eigenvalue weighted by Crippen LogP contribution is 2.31. The van der Waals surface area contributed by atoms with Crippen LogP contribution in [0.25, 0.3) is 0 Å². The summed E-state index contributed by atoms with van der Waals surface area (Å²) < 4.78 is 37.6. The van der Waals surface area contributed by atoms with Crippen LogP contribution in [0.4, 0.5) is 18.9 Å². The monoisotopic (exact) mass is 303 g/mol. The normalized spacial score (nSPS) is 10.9. The Hall–Kier alpha value is -1.81. The Morgan fingerprint density at radius 2 is 2.15 bits per heavy atom. The minimum Gasteiger partial charge on any atom is -0.478 e. The molecule has 0 saturated heterocycles. The van der Waals surface area contributed by atoms with Crippen LogP contribution in [0, 0.1) is 12.3 Å². The van der Waals surface area contributed by atoms with Crippen LogP contribution < -0.4 is 5.32 Å². The number of terminal acetylenes is 1.